The minimum absolute atomic E-state index is 0.0324. The molecular weight excluding hydrogens is 639 g/mol. The van der Waals surface area contributed by atoms with Crippen LogP contribution < -0.4 is 0 Å². The first-order valence-corrected chi connectivity index (χ1v) is 18.9. The molecule has 7 aromatic rings. The molecule has 2 atom stereocenters. The summed E-state index contributed by atoms with van der Waals surface area (Å²) in [4.78, 5) is 4.68. The second-order valence-corrected chi connectivity index (χ2v) is 15.4. The molecule has 1 heteroatoms. The zero-order valence-electron chi connectivity index (χ0n) is 30.2. The Bertz CT molecular complexity index is 2520. The molecule has 2 unspecified atom stereocenters. The third kappa shape index (κ3) is 4.80. The lowest BCUT2D eigenvalue weighted by Gasteiger charge is -2.35. The molecule has 1 aromatic heterocycles. The standard InChI is InChI=1S/C52H41N/c1-51(2)45-21-11-9-20-42(45)44-33-37(29-31-46(44)51)50(36-26-24-35(25-27-36)49-23-13-14-32-53-49)38-28-30-43-41-19-10-12-22-47(41)52(48(43)34-38,39-15-5-3-6-16-39)40-17-7-4-8-18-40/h3-26,28-34,36,50H,27H2,1-2H3. The summed E-state index contributed by atoms with van der Waals surface area (Å²) in [5, 5.41) is 0. The number of fused-ring (bicyclic) bond motifs is 6. The SMILES string of the molecule is CC1(C)c2ccccc2-c2cc(C(c3ccc4c(c3)C(c3ccccc3)(c3ccccc3)c3ccccc3-4)C3C=CC(c4ccccn4)=CC3)ccc21. The van der Waals surface area contributed by atoms with Crippen molar-refractivity contribution in [3.8, 4) is 22.3 Å². The summed E-state index contributed by atoms with van der Waals surface area (Å²) in [5.74, 6) is 0.419. The molecule has 0 saturated carbocycles. The fourth-order valence-electron chi connectivity index (χ4n) is 9.88. The Labute approximate surface area is 313 Å². The van der Waals surface area contributed by atoms with Gasteiger partial charge in [0.25, 0.3) is 0 Å². The molecule has 0 radical (unpaired) electrons. The molecule has 0 saturated heterocycles. The van der Waals surface area contributed by atoms with E-state index in [0.717, 1.165) is 12.1 Å². The summed E-state index contributed by atoms with van der Waals surface area (Å²) in [6.45, 7) is 4.74. The van der Waals surface area contributed by atoms with Crippen LogP contribution in [-0.2, 0) is 10.8 Å². The molecule has 53 heavy (non-hydrogen) atoms. The minimum Gasteiger partial charge on any atom is -0.256 e. The normalized spacial score (nSPS) is 17.6. The zero-order chi connectivity index (χ0) is 35.6. The predicted octanol–water partition coefficient (Wildman–Crippen LogP) is 12.5. The van der Waals surface area contributed by atoms with Crippen LogP contribution in [0.15, 0.2) is 188 Å². The van der Waals surface area contributed by atoms with E-state index in [0.29, 0.717) is 0 Å². The van der Waals surface area contributed by atoms with Crippen LogP contribution in [0.3, 0.4) is 0 Å². The third-order valence-corrected chi connectivity index (χ3v) is 12.3. The van der Waals surface area contributed by atoms with Crippen molar-refractivity contribution in [1.29, 1.82) is 0 Å². The van der Waals surface area contributed by atoms with Gasteiger partial charge in [0.15, 0.2) is 0 Å². The van der Waals surface area contributed by atoms with Crippen LogP contribution in [-0.4, -0.2) is 4.98 Å². The summed E-state index contributed by atoms with van der Waals surface area (Å²) in [6, 6.07) is 61.3. The van der Waals surface area contributed by atoms with Crippen molar-refractivity contribution in [2.75, 3.05) is 0 Å². The van der Waals surface area contributed by atoms with Crippen LogP contribution in [0.1, 0.15) is 76.4 Å². The Morgan fingerprint density at radius 1 is 0.528 bits per heavy atom. The van der Waals surface area contributed by atoms with Crippen LogP contribution in [0.25, 0.3) is 27.8 Å². The highest BCUT2D eigenvalue weighted by atomic mass is 14.7. The van der Waals surface area contributed by atoms with Crippen molar-refractivity contribution in [2.45, 2.75) is 37.0 Å². The van der Waals surface area contributed by atoms with Gasteiger partial charge in [-0.2, -0.15) is 0 Å². The van der Waals surface area contributed by atoms with Crippen LogP contribution in [0.2, 0.25) is 0 Å². The second kappa shape index (κ2) is 12.3. The van der Waals surface area contributed by atoms with Crippen molar-refractivity contribution in [3.05, 3.63) is 238 Å². The number of benzene rings is 6. The van der Waals surface area contributed by atoms with Gasteiger partial charge in [0, 0.05) is 17.5 Å². The topological polar surface area (TPSA) is 12.9 Å². The molecule has 0 bridgehead atoms. The van der Waals surface area contributed by atoms with E-state index in [1.807, 2.05) is 12.3 Å². The van der Waals surface area contributed by atoms with Crippen LogP contribution >= 0.6 is 0 Å². The lowest BCUT2D eigenvalue weighted by atomic mass is 9.67. The van der Waals surface area contributed by atoms with E-state index in [-0.39, 0.29) is 17.3 Å². The van der Waals surface area contributed by atoms with E-state index in [1.165, 1.54) is 72.3 Å². The second-order valence-electron chi connectivity index (χ2n) is 15.4. The number of pyridine rings is 1. The largest absolute Gasteiger partial charge is 0.256 e. The maximum atomic E-state index is 4.68. The van der Waals surface area contributed by atoms with Gasteiger partial charge in [0.1, 0.15) is 0 Å². The molecule has 0 aliphatic heterocycles. The highest BCUT2D eigenvalue weighted by molar-refractivity contribution is 5.87. The van der Waals surface area contributed by atoms with E-state index < -0.39 is 5.41 Å². The van der Waals surface area contributed by atoms with E-state index in [2.05, 4.69) is 195 Å². The number of hydrogen-bond donors (Lipinski definition) is 0. The van der Waals surface area contributed by atoms with E-state index in [4.69, 9.17) is 0 Å². The first-order valence-electron chi connectivity index (χ1n) is 18.9. The van der Waals surface area contributed by atoms with Gasteiger partial charge in [-0.3, -0.25) is 4.98 Å². The molecule has 10 rings (SSSR count). The molecule has 0 N–H and O–H groups in total. The van der Waals surface area contributed by atoms with E-state index in [9.17, 15) is 0 Å². The maximum absolute atomic E-state index is 4.68. The molecule has 6 aromatic carbocycles. The number of rotatable bonds is 6. The molecule has 3 aliphatic rings. The number of nitrogens with zero attached hydrogens (tertiary/aromatic N) is 1. The van der Waals surface area contributed by atoms with Gasteiger partial charge >= 0.3 is 0 Å². The lowest BCUT2D eigenvalue weighted by Crippen LogP contribution is -2.28. The van der Waals surface area contributed by atoms with Crippen LogP contribution in [0, 0.1) is 5.92 Å². The monoisotopic (exact) mass is 679 g/mol. The molecule has 254 valence electrons. The molecule has 0 spiro atoms. The number of allylic oxidation sites excluding steroid dienone is 4. The summed E-state index contributed by atoms with van der Waals surface area (Å²) >= 11 is 0. The van der Waals surface area contributed by atoms with Crippen molar-refractivity contribution in [1.82, 2.24) is 4.98 Å². The average Bonchev–Trinajstić information content (AvgIpc) is 3.64. The smallest absolute Gasteiger partial charge is 0.0713 e. The van der Waals surface area contributed by atoms with Gasteiger partial charge in [-0.25, -0.2) is 0 Å². The van der Waals surface area contributed by atoms with Gasteiger partial charge in [0.2, 0.25) is 0 Å². The first kappa shape index (κ1) is 31.7. The maximum Gasteiger partial charge on any atom is 0.0713 e. The van der Waals surface area contributed by atoms with Gasteiger partial charge in [-0.15, -0.1) is 0 Å². The highest BCUT2D eigenvalue weighted by Crippen LogP contribution is 2.57. The van der Waals surface area contributed by atoms with E-state index >= 15 is 0 Å². The zero-order valence-corrected chi connectivity index (χ0v) is 30.2. The molecule has 0 fully saturated rings. The van der Waals surface area contributed by atoms with Crippen LogP contribution in [0.5, 0.6) is 0 Å². The fourth-order valence-corrected chi connectivity index (χ4v) is 9.88. The summed E-state index contributed by atoms with van der Waals surface area (Å²) in [6.07, 6.45) is 9.97. The number of aromatic nitrogens is 1. The van der Waals surface area contributed by atoms with Gasteiger partial charge in [-0.1, -0.05) is 184 Å². The van der Waals surface area contributed by atoms with Gasteiger partial charge in [-0.05, 0) is 96.8 Å². The number of hydrogen-bond acceptors (Lipinski definition) is 1. The summed E-state index contributed by atoms with van der Waals surface area (Å²) in [7, 11) is 0. The quantitative estimate of drug-likeness (QED) is 0.170. The average molecular weight is 680 g/mol. The molecule has 0 amide bonds. The Morgan fingerprint density at radius 2 is 1.11 bits per heavy atom. The van der Waals surface area contributed by atoms with E-state index in [1.54, 1.807) is 0 Å². The van der Waals surface area contributed by atoms with Crippen molar-refractivity contribution < 1.29 is 0 Å². The Kier molecular flexibility index (Phi) is 7.34. The van der Waals surface area contributed by atoms with Gasteiger partial charge in [0.05, 0.1) is 11.1 Å². The molecular formula is C52H41N. The summed E-state index contributed by atoms with van der Waals surface area (Å²) < 4.78 is 0. The minimum atomic E-state index is -0.440. The summed E-state index contributed by atoms with van der Waals surface area (Å²) in [5.41, 5.74) is 17.9. The third-order valence-electron chi connectivity index (χ3n) is 12.3. The van der Waals surface area contributed by atoms with Crippen molar-refractivity contribution >= 4 is 5.57 Å². The highest BCUT2D eigenvalue weighted by Gasteiger charge is 2.46. The molecule has 1 nitrogen and oxygen atoms in total. The molecule has 1 heterocycles. The van der Waals surface area contributed by atoms with Crippen LogP contribution in [0.4, 0.5) is 0 Å². The van der Waals surface area contributed by atoms with Crippen molar-refractivity contribution in [2.24, 2.45) is 5.92 Å². The Balaban J connectivity index is 1.19. The Morgan fingerprint density at radius 3 is 1.79 bits per heavy atom. The van der Waals surface area contributed by atoms with Crippen molar-refractivity contribution in [3.63, 3.8) is 0 Å². The molecule has 3 aliphatic carbocycles. The Hall–Kier alpha value is -6.05. The lowest BCUT2D eigenvalue weighted by molar-refractivity contribution is 0.572. The predicted molar refractivity (Wildman–Crippen MR) is 219 cm³/mol. The fraction of sp³-hybridized carbons (Fsp3) is 0.135. The van der Waals surface area contributed by atoms with Gasteiger partial charge < -0.3 is 0 Å². The first-order chi connectivity index (χ1) is 26.0.